The van der Waals surface area contributed by atoms with Gasteiger partial charge in [0.2, 0.25) is 0 Å². The quantitative estimate of drug-likeness (QED) is 0.774. The van der Waals surface area contributed by atoms with E-state index in [1.165, 1.54) is 0 Å². The first kappa shape index (κ1) is 12.9. The first-order chi connectivity index (χ1) is 7.63. The number of ether oxygens (including phenoxy) is 1. The Morgan fingerprint density at radius 3 is 2.62 bits per heavy atom. The summed E-state index contributed by atoms with van der Waals surface area (Å²) in [6.07, 6.45) is 3.70. The second-order valence-electron chi connectivity index (χ2n) is 3.91. The van der Waals surface area contributed by atoms with E-state index < -0.39 is 0 Å². The Kier molecular flexibility index (Phi) is 5.14. The molecule has 90 valence electrons. The molecular weight excluding hydrogens is 204 g/mol. The monoisotopic (exact) mass is 224 g/mol. The fourth-order valence-corrected chi connectivity index (χ4v) is 1.19. The third-order valence-corrected chi connectivity index (χ3v) is 2.17. The van der Waals surface area contributed by atoms with Crippen molar-refractivity contribution in [1.82, 2.24) is 9.97 Å². The summed E-state index contributed by atoms with van der Waals surface area (Å²) in [5.41, 5.74) is 6.25. The Labute approximate surface area is 96.6 Å². The standard InChI is InChI=1S/C11H20N4O/c1-9(2)16-5-4-15(3)11-8-13-10(6-12)7-14-11/h7-9H,4-6,12H2,1-3H3. The Morgan fingerprint density at radius 1 is 1.38 bits per heavy atom. The van der Waals surface area contributed by atoms with Crippen LogP contribution in [0, 0.1) is 0 Å². The van der Waals surface area contributed by atoms with Crippen molar-refractivity contribution < 1.29 is 4.74 Å². The largest absolute Gasteiger partial charge is 0.377 e. The van der Waals surface area contributed by atoms with Gasteiger partial charge in [0, 0.05) is 20.1 Å². The summed E-state index contributed by atoms with van der Waals surface area (Å²) in [6.45, 7) is 5.96. The smallest absolute Gasteiger partial charge is 0.146 e. The van der Waals surface area contributed by atoms with Gasteiger partial charge < -0.3 is 15.4 Å². The number of likely N-dealkylation sites (N-methyl/N-ethyl adjacent to an activating group) is 1. The van der Waals surface area contributed by atoms with Crippen LogP contribution in [0.25, 0.3) is 0 Å². The lowest BCUT2D eigenvalue weighted by molar-refractivity contribution is 0.0845. The Morgan fingerprint density at radius 2 is 2.12 bits per heavy atom. The highest BCUT2D eigenvalue weighted by molar-refractivity contribution is 5.34. The number of rotatable bonds is 6. The average Bonchev–Trinajstić information content (AvgIpc) is 2.28. The van der Waals surface area contributed by atoms with E-state index in [1.54, 1.807) is 12.4 Å². The molecule has 0 radical (unpaired) electrons. The van der Waals surface area contributed by atoms with Crippen molar-refractivity contribution in [3.63, 3.8) is 0 Å². The lowest BCUT2D eigenvalue weighted by Crippen LogP contribution is -2.25. The lowest BCUT2D eigenvalue weighted by atomic mass is 10.4. The molecule has 1 rings (SSSR count). The molecule has 5 heteroatoms. The lowest BCUT2D eigenvalue weighted by Gasteiger charge is -2.18. The van der Waals surface area contributed by atoms with Gasteiger partial charge in [0.1, 0.15) is 5.82 Å². The number of anilines is 1. The normalized spacial score (nSPS) is 10.8. The van der Waals surface area contributed by atoms with Crippen LogP contribution in [0.3, 0.4) is 0 Å². The van der Waals surface area contributed by atoms with E-state index in [4.69, 9.17) is 10.5 Å². The first-order valence-electron chi connectivity index (χ1n) is 5.47. The molecule has 2 N–H and O–H groups in total. The highest BCUT2D eigenvalue weighted by Crippen LogP contribution is 2.06. The Bertz CT molecular complexity index is 299. The summed E-state index contributed by atoms with van der Waals surface area (Å²) in [7, 11) is 1.97. The first-order valence-corrected chi connectivity index (χ1v) is 5.47. The van der Waals surface area contributed by atoms with E-state index >= 15 is 0 Å². The zero-order valence-electron chi connectivity index (χ0n) is 10.2. The van der Waals surface area contributed by atoms with Crippen LogP contribution in [0.5, 0.6) is 0 Å². The van der Waals surface area contributed by atoms with Gasteiger partial charge in [-0.25, -0.2) is 4.98 Å². The molecule has 0 fully saturated rings. The van der Waals surface area contributed by atoms with Crippen LogP contribution in [-0.4, -0.2) is 36.3 Å². The number of nitrogens with zero attached hydrogens (tertiary/aromatic N) is 3. The molecule has 0 amide bonds. The van der Waals surface area contributed by atoms with Gasteiger partial charge in [-0.05, 0) is 13.8 Å². The number of hydrogen-bond acceptors (Lipinski definition) is 5. The van der Waals surface area contributed by atoms with Crippen molar-refractivity contribution in [3.8, 4) is 0 Å². The van der Waals surface area contributed by atoms with Crippen molar-refractivity contribution in [2.75, 3.05) is 25.1 Å². The maximum Gasteiger partial charge on any atom is 0.146 e. The van der Waals surface area contributed by atoms with Crippen LogP contribution in [-0.2, 0) is 11.3 Å². The summed E-state index contributed by atoms with van der Waals surface area (Å²) in [4.78, 5) is 10.5. The maximum absolute atomic E-state index is 5.47. The van der Waals surface area contributed by atoms with Crippen LogP contribution in [0.15, 0.2) is 12.4 Å². The molecular formula is C11H20N4O. The van der Waals surface area contributed by atoms with Gasteiger partial charge in [0.25, 0.3) is 0 Å². The fraction of sp³-hybridized carbons (Fsp3) is 0.636. The molecule has 1 aromatic heterocycles. The van der Waals surface area contributed by atoms with Gasteiger partial charge >= 0.3 is 0 Å². The molecule has 0 aromatic carbocycles. The summed E-state index contributed by atoms with van der Waals surface area (Å²) < 4.78 is 5.47. The molecule has 0 saturated carbocycles. The van der Waals surface area contributed by atoms with Gasteiger partial charge in [-0.2, -0.15) is 0 Å². The van der Waals surface area contributed by atoms with Gasteiger partial charge in [0.15, 0.2) is 0 Å². The van der Waals surface area contributed by atoms with Crippen LogP contribution in [0.2, 0.25) is 0 Å². The predicted molar refractivity (Wildman–Crippen MR) is 64.3 cm³/mol. The average molecular weight is 224 g/mol. The molecule has 1 aromatic rings. The highest BCUT2D eigenvalue weighted by atomic mass is 16.5. The second-order valence-corrected chi connectivity index (χ2v) is 3.91. The minimum atomic E-state index is 0.263. The van der Waals surface area contributed by atoms with E-state index in [9.17, 15) is 0 Å². The number of aromatic nitrogens is 2. The second kappa shape index (κ2) is 6.40. The summed E-state index contributed by atoms with van der Waals surface area (Å²) in [5, 5.41) is 0. The van der Waals surface area contributed by atoms with Crippen LogP contribution >= 0.6 is 0 Å². The molecule has 0 atom stereocenters. The predicted octanol–water partition coefficient (Wildman–Crippen LogP) is 0.797. The van der Waals surface area contributed by atoms with Crippen molar-refractivity contribution >= 4 is 5.82 Å². The molecule has 0 unspecified atom stereocenters. The van der Waals surface area contributed by atoms with Crippen LogP contribution < -0.4 is 10.6 Å². The minimum Gasteiger partial charge on any atom is -0.377 e. The van der Waals surface area contributed by atoms with E-state index in [0.717, 1.165) is 18.1 Å². The fourth-order valence-electron chi connectivity index (χ4n) is 1.19. The number of hydrogen-bond donors (Lipinski definition) is 1. The van der Waals surface area contributed by atoms with Crippen molar-refractivity contribution in [2.45, 2.75) is 26.5 Å². The Balaban J connectivity index is 2.43. The van der Waals surface area contributed by atoms with Crippen LogP contribution in [0.4, 0.5) is 5.82 Å². The molecule has 5 nitrogen and oxygen atoms in total. The van der Waals surface area contributed by atoms with E-state index in [1.807, 2.05) is 25.8 Å². The molecule has 0 spiro atoms. The van der Waals surface area contributed by atoms with E-state index in [0.29, 0.717) is 13.2 Å². The Hall–Kier alpha value is -1.20. The van der Waals surface area contributed by atoms with E-state index in [2.05, 4.69) is 9.97 Å². The molecule has 16 heavy (non-hydrogen) atoms. The summed E-state index contributed by atoms with van der Waals surface area (Å²) >= 11 is 0. The topological polar surface area (TPSA) is 64.3 Å². The zero-order valence-corrected chi connectivity index (χ0v) is 10.2. The molecule has 0 aliphatic heterocycles. The van der Waals surface area contributed by atoms with Crippen molar-refractivity contribution in [1.29, 1.82) is 0 Å². The number of nitrogens with two attached hydrogens (primary N) is 1. The molecule has 0 saturated heterocycles. The molecule has 1 heterocycles. The van der Waals surface area contributed by atoms with Gasteiger partial charge in [0.05, 0.1) is 30.8 Å². The third kappa shape index (κ3) is 4.12. The minimum absolute atomic E-state index is 0.263. The summed E-state index contributed by atoms with van der Waals surface area (Å²) in [5.74, 6) is 0.838. The molecule has 0 aliphatic carbocycles. The van der Waals surface area contributed by atoms with Gasteiger partial charge in [-0.1, -0.05) is 0 Å². The zero-order chi connectivity index (χ0) is 12.0. The van der Waals surface area contributed by atoms with Crippen molar-refractivity contribution in [3.05, 3.63) is 18.1 Å². The van der Waals surface area contributed by atoms with Crippen LogP contribution in [0.1, 0.15) is 19.5 Å². The summed E-state index contributed by atoms with van der Waals surface area (Å²) in [6, 6.07) is 0. The maximum atomic E-state index is 5.47. The highest BCUT2D eigenvalue weighted by Gasteiger charge is 2.03. The molecule has 0 bridgehead atoms. The van der Waals surface area contributed by atoms with Gasteiger partial charge in [-0.15, -0.1) is 0 Å². The SMILES string of the molecule is CC(C)OCCN(C)c1cnc(CN)cn1. The van der Waals surface area contributed by atoms with Gasteiger partial charge in [-0.3, -0.25) is 4.98 Å². The van der Waals surface area contributed by atoms with E-state index in [-0.39, 0.29) is 6.10 Å². The third-order valence-electron chi connectivity index (χ3n) is 2.17. The van der Waals surface area contributed by atoms with Crippen molar-refractivity contribution in [2.24, 2.45) is 5.73 Å². The molecule has 0 aliphatic rings.